The molecule has 252 valence electrons. The fraction of sp³-hybridized carbons (Fsp3) is 0.406. The Kier molecular flexibility index (Phi) is 11.2. The molecule has 0 radical (unpaired) electrons. The number of rotatable bonds is 14. The molecular weight excluding hydrogens is 618 g/mol. The van der Waals surface area contributed by atoms with Crippen LogP contribution in [0.25, 0.3) is 22.5 Å². The van der Waals surface area contributed by atoms with Crippen molar-refractivity contribution in [2.75, 3.05) is 26.2 Å². The summed E-state index contributed by atoms with van der Waals surface area (Å²) in [5.41, 5.74) is 6.62. The van der Waals surface area contributed by atoms with E-state index >= 15 is 0 Å². The van der Waals surface area contributed by atoms with E-state index < -0.39 is 17.9 Å². The van der Waals surface area contributed by atoms with E-state index in [0.29, 0.717) is 45.0 Å². The van der Waals surface area contributed by atoms with Crippen molar-refractivity contribution >= 4 is 23.7 Å². The molecule has 0 spiro atoms. The van der Waals surface area contributed by atoms with Gasteiger partial charge in [0.15, 0.2) is 0 Å². The highest BCUT2D eigenvalue weighted by atomic mass is 16.4. The maximum Gasteiger partial charge on any atom is 0.326 e. The first-order chi connectivity index (χ1) is 23.2. The number of carbonyl (C=O) groups excluding carboxylic acids is 3. The number of carbonyl (C=O) groups is 4. The number of hydrogen-bond acceptors (Lipinski definition) is 10. The van der Waals surface area contributed by atoms with E-state index in [1.54, 1.807) is 14.6 Å². The Hall–Kier alpha value is -5.51. The molecule has 1 fully saturated rings. The van der Waals surface area contributed by atoms with Gasteiger partial charge in [-0.2, -0.15) is 5.21 Å². The molecule has 1 unspecified atom stereocenters. The van der Waals surface area contributed by atoms with Gasteiger partial charge in [-0.25, -0.2) is 19.5 Å². The second-order valence-corrected chi connectivity index (χ2v) is 11.5. The molecule has 1 saturated heterocycles. The van der Waals surface area contributed by atoms with Gasteiger partial charge in [0.25, 0.3) is 5.91 Å². The van der Waals surface area contributed by atoms with Gasteiger partial charge in [-0.15, -0.1) is 15.3 Å². The lowest BCUT2D eigenvalue weighted by Crippen LogP contribution is -2.55. The van der Waals surface area contributed by atoms with E-state index in [4.69, 9.17) is 0 Å². The fourth-order valence-corrected chi connectivity index (χ4v) is 5.45. The summed E-state index contributed by atoms with van der Waals surface area (Å²) in [6.45, 7) is 5.26. The van der Waals surface area contributed by atoms with Crippen LogP contribution in [0.5, 0.6) is 0 Å². The molecule has 3 heterocycles. The van der Waals surface area contributed by atoms with E-state index in [-0.39, 0.29) is 30.5 Å². The lowest BCUT2D eigenvalue weighted by Gasteiger charge is -2.34. The highest BCUT2D eigenvalue weighted by Crippen LogP contribution is 2.30. The minimum Gasteiger partial charge on any atom is -0.480 e. The molecular formula is C32H39N11O5. The third-order valence-electron chi connectivity index (χ3n) is 7.99. The molecule has 16 heteroatoms. The van der Waals surface area contributed by atoms with Crippen LogP contribution in [0.3, 0.4) is 0 Å². The lowest BCUT2D eigenvalue weighted by molar-refractivity contribution is -0.142. The summed E-state index contributed by atoms with van der Waals surface area (Å²) >= 11 is 0. The zero-order valence-electron chi connectivity index (χ0n) is 26.9. The number of carboxylic acid groups (broad SMARTS) is 1. The van der Waals surface area contributed by atoms with Crippen molar-refractivity contribution in [1.29, 1.82) is 0 Å². The number of aliphatic carboxylic acids is 1. The topological polar surface area (TPSA) is 204 Å². The van der Waals surface area contributed by atoms with E-state index in [1.165, 1.54) is 6.92 Å². The number of tetrazole rings is 1. The third-order valence-corrected chi connectivity index (χ3v) is 7.99. The normalized spacial score (nSPS) is 14.0. The predicted octanol–water partition coefficient (Wildman–Crippen LogP) is 1.67. The van der Waals surface area contributed by atoms with Gasteiger partial charge in [-0.1, -0.05) is 61.9 Å². The van der Waals surface area contributed by atoms with E-state index in [9.17, 15) is 24.3 Å². The molecule has 4 N–H and O–H groups in total. The zero-order chi connectivity index (χ0) is 34.0. The van der Waals surface area contributed by atoms with Crippen LogP contribution in [0.2, 0.25) is 0 Å². The first-order valence-corrected chi connectivity index (χ1v) is 15.9. The van der Waals surface area contributed by atoms with Crippen molar-refractivity contribution < 1.29 is 24.3 Å². The lowest BCUT2D eigenvalue weighted by atomic mass is 9.98. The summed E-state index contributed by atoms with van der Waals surface area (Å²) in [5, 5.41) is 32.3. The molecule has 0 saturated carbocycles. The summed E-state index contributed by atoms with van der Waals surface area (Å²) in [6.07, 6.45) is 2.47. The Morgan fingerprint density at radius 1 is 1.00 bits per heavy atom. The van der Waals surface area contributed by atoms with Crippen LogP contribution in [0, 0.1) is 0 Å². The van der Waals surface area contributed by atoms with Gasteiger partial charge in [-0.3, -0.25) is 19.8 Å². The number of carboxylic acids is 1. The minimum absolute atomic E-state index is 0.0342. The van der Waals surface area contributed by atoms with Gasteiger partial charge >= 0.3 is 5.97 Å². The van der Waals surface area contributed by atoms with Gasteiger partial charge in [0, 0.05) is 51.5 Å². The average molecular weight is 658 g/mol. The van der Waals surface area contributed by atoms with Crippen molar-refractivity contribution in [2.45, 2.75) is 58.5 Å². The highest BCUT2D eigenvalue weighted by Gasteiger charge is 2.27. The van der Waals surface area contributed by atoms with Crippen molar-refractivity contribution in [3.05, 3.63) is 65.7 Å². The van der Waals surface area contributed by atoms with Crippen LogP contribution in [0.4, 0.5) is 0 Å². The van der Waals surface area contributed by atoms with E-state index in [1.807, 2.05) is 48.5 Å². The largest absolute Gasteiger partial charge is 0.480 e. The molecule has 0 aliphatic carbocycles. The summed E-state index contributed by atoms with van der Waals surface area (Å²) in [4.78, 5) is 54.7. The first kappa shape index (κ1) is 33.8. The summed E-state index contributed by atoms with van der Waals surface area (Å²) in [7, 11) is 0. The molecule has 2 aromatic heterocycles. The van der Waals surface area contributed by atoms with Gasteiger partial charge in [0.05, 0.1) is 6.54 Å². The monoisotopic (exact) mass is 657 g/mol. The van der Waals surface area contributed by atoms with E-state index in [2.05, 4.69) is 48.4 Å². The molecule has 48 heavy (non-hydrogen) atoms. The Bertz CT molecular complexity index is 1710. The number of unbranched alkanes of at least 4 members (excludes halogenated alkanes) is 1. The number of amides is 3. The standard InChI is InChI=1S/C32H39N11O5/c1-3-4-9-27-34-30(31(46)41-16-18-42(19-17-41)37-28(45)15-14-26(32(47)48)33-21(2)44)38-43(27)20-22-10-12-23(13-11-22)24-7-5-6-8-25(24)29-35-39-40-36-29/h5-8,10-13,26H,3-4,9,14-20H2,1-2H3,(H,33,44)(H,37,45)(H,47,48)(H,35,36,39,40). The third kappa shape index (κ3) is 8.64. The molecule has 1 atom stereocenters. The van der Waals surface area contributed by atoms with Crippen molar-refractivity contribution in [3.63, 3.8) is 0 Å². The highest BCUT2D eigenvalue weighted by molar-refractivity contribution is 5.90. The Morgan fingerprint density at radius 3 is 2.38 bits per heavy atom. The first-order valence-electron chi connectivity index (χ1n) is 15.9. The van der Waals surface area contributed by atoms with Crippen LogP contribution >= 0.6 is 0 Å². The molecule has 4 aromatic rings. The van der Waals surface area contributed by atoms with Crippen LogP contribution in [0.15, 0.2) is 48.5 Å². The van der Waals surface area contributed by atoms with Gasteiger partial charge in [-0.05, 0) is 34.7 Å². The molecule has 5 rings (SSSR count). The molecule has 2 aromatic carbocycles. The number of nitrogens with zero attached hydrogens (tertiary/aromatic N) is 8. The minimum atomic E-state index is -1.20. The SMILES string of the molecule is CCCCc1nc(C(=O)N2CCN(NC(=O)CCC(NC(C)=O)C(=O)O)CC2)nn1Cc1ccc(-c2ccccc2-c2nn[nH]n2)cc1. The molecule has 1 aliphatic rings. The molecule has 1 aliphatic heterocycles. The molecule has 0 bridgehead atoms. The van der Waals surface area contributed by atoms with Crippen molar-refractivity contribution in [3.8, 4) is 22.5 Å². The zero-order valence-corrected chi connectivity index (χ0v) is 26.9. The number of H-pyrrole nitrogens is 1. The van der Waals surface area contributed by atoms with Crippen LogP contribution in [0.1, 0.15) is 61.5 Å². The smallest absolute Gasteiger partial charge is 0.326 e. The predicted molar refractivity (Wildman–Crippen MR) is 173 cm³/mol. The number of aromatic nitrogens is 7. The molecule has 16 nitrogen and oxygen atoms in total. The van der Waals surface area contributed by atoms with Crippen molar-refractivity contribution in [2.24, 2.45) is 0 Å². The van der Waals surface area contributed by atoms with Crippen molar-refractivity contribution in [1.82, 2.24) is 56.0 Å². The number of hydrazine groups is 1. The average Bonchev–Trinajstić information content (AvgIpc) is 3.77. The van der Waals surface area contributed by atoms with Crippen LogP contribution in [-0.4, -0.2) is 106 Å². The second-order valence-electron chi connectivity index (χ2n) is 11.5. The van der Waals surface area contributed by atoms with Gasteiger partial charge < -0.3 is 15.3 Å². The van der Waals surface area contributed by atoms with Gasteiger partial charge in [0.2, 0.25) is 23.5 Å². The number of aromatic amines is 1. The van der Waals surface area contributed by atoms with E-state index in [0.717, 1.165) is 40.9 Å². The maximum atomic E-state index is 13.5. The summed E-state index contributed by atoms with van der Waals surface area (Å²) in [6, 6.07) is 14.9. The quantitative estimate of drug-likeness (QED) is 0.154. The van der Waals surface area contributed by atoms with Crippen LogP contribution in [-0.2, 0) is 27.3 Å². The fourth-order valence-electron chi connectivity index (χ4n) is 5.45. The van der Waals surface area contributed by atoms with Crippen LogP contribution < -0.4 is 10.7 Å². The van der Waals surface area contributed by atoms with Gasteiger partial charge in [0.1, 0.15) is 11.9 Å². The maximum absolute atomic E-state index is 13.5. The summed E-state index contributed by atoms with van der Waals surface area (Å²) < 4.78 is 1.80. The number of nitrogens with one attached hydrogen (secondary N) is 3. The molecule has 3 amide bonds. The summed E-state index contributed by atoms with van der Waals surface area (Å²) in [5.74, 6) is -0.904. The Balaban J connectivity index is 1.19. The Labute approximate surface area is 276 Å². The number of hydrogen-bond donors (Lipinski definition) is 4. The number of piperazine rings is 1. The Morgan fingerprint density at radius 2 is 1.73 bits per heavy atom. The second kappa shape index (κ2) is 15.9. The number of benzene rings is 2. The number of aryl methyl sites for hydroxylation is 1.